The monoisotopic (exact) mass is 343 g/mol. The molecule has 3 aromatic rings. The molecule has 3 rings (SSSR count). The largest absolute Gasteiger partial charge is 0.417 e. The van der Waals surface area contributed by atoms with Crippen LogP contribution in [0.1, 0.15) is 12.5 Å². The average Bonchev–Trinajstić information content (AvgIpc) is 3.03. The Morgan fingerprint density at radius 1 is 1.36 bits per heavy atom. The Morgan fingerprint density at radius 3 is 2.82 bits per heavy atom. The number of hydrogen-bond acceptors (Lipinski definition) is 4. The van der Waals surface area contributed by atoms with Crippen molar-refractivity contribution < 1.29 is 13.2 Å². The topological polar surface area (TPSA) is 30.7 Å². The zero-order valence-electron chi connectivity index (χ0n) is 11.8. The van der Waals surface area contributed by atoms with Gasteiger partial charge < -0.3 is 4.57 Å². The molecule has 0 aliphatic heterocycles. The van der Waals surface area contributed by atoms with Crippen molar-refractivity contribution in [3.63, 3.8) is 0 Å². The Balaban J connectivity index is 2.15. The van der Waals surface area contributed by atoms with Crippen LogP contribution in [0.4, 0.5) is 13.2 Å². The van der Waals surface area contributed by atoms with Gasteiger partial charge in [0.2, 0.25) is 0 Å². The minimum Gasteiger partial charge on any atom is -0.312 e. The summed E-state index contributed by atoms with van der Waals surface area (Å²) in [6, 6.07) is 2.99. The van der Waals surface area contributed by atoms with Gasteiger partial charge in [0, 0.05) is 18.8 Å². The molecular formula is C14H12F3N3S2. The highest BCUT2D eigenvalue weighted by atomic mass is 32.2. The lowest BCUT2D eigenvalue weighted by Crippen LogP contribution is -2.05. The molecule has 0 spiro atoms. The molecule has 3 nitrogen and oxygen atoms in total. The third-order valence-corrected chi connectivity index (χ3v) is 5.30. The summed E-state index contributed by atoms with van der Waals surface area (Å²) in [5.74, 6) is 1.56. The summed E-state index contributed by atoms with van der Waals surface area (Å²) in [4.78, 5) is 8.30. The van der Waals surface area contributed by atoms with Gasteiger partial charge in [0.05, 0.1) is 9.77 Å². The molecule has 3 aromatic heterocycles. The van der Waals surface area contributed by atoms with Crippen LogP contribution in [-0.2, 0) is 13.2 Å². The summed E-state index contributed by atoms with van der Waals surface area (Å²) in [6.07, 6.45) is -3.56. The van der Waals surface area contributed by atoms with Crippen LogP contribution in [0.5, 0.6) is 0 Å². The predicted molar refractivity (Wildman–Crippen MR) is 83.2 cm³/mol. The second-order valence-corrected chi connectivity index (χ2v) is 7.06. The van der Waals surface area contributed by atoms with Crippen molar-refractivity contribution in [2.75, 3.05) is 5.75 Å². The molecule has 0 fully saturated rings. The number of fused-ring (bicyclic) bond motifs is 1. The molecule has 0 bridgehead atoms. The van der Waals surface area contributed by atoms with Crippen LogP contribution in [0.2, 0.25) is 0 Å². The van der Waals surface area contributed by atoms with Crippen molar-refractivity contribution in [3.05, 3.63) is 29.3 Å². The molecule has 8 heteroatoms. The van der Waals surface area contributed by atoms with E-state index in [2.05, 4.69) is 16.9 Å². The van der Waals surface area contributed by atoms with Gasteiger partial charge in [-0.3, -0.25) is 0 Å². The van der Waals surface area contributed by atoms with E-state index in [1.807, 2.05) is 11.4 Å². The van der Waals surface area contributed by atoms with Gasteiger partial charge in [-0.15, -0.1) is 23.1 Å². The number of hydrogen-bond donors (Lipinski definition) is 0. The molecule has 22 heavy (non-hydrogen) atoms. The van der Waals surface area contributed by atoms with E-state index >= 15 is 0 Å². The van der Waals surface area contributed by atoms with Gasteiger partial charge >= 0.3 is 6.18 Å². The summed E-state index contributed by atoms with van der Waals surface area (Å²) in [7, 11) is 1.77. The smallest absolute Gasteiger partial charge is 0.312 e. The number of thioether (sulfide) groups is 1. The maximum absolute atomic E-state index is 12.8. The maximum Gasteiger partial charge on any atom is 0.417 e. The fraction of sp³-hybridized carbons (Fsp3) is 0.286. The molecule has 0 aliphatic rings. The molecule has 0 atom stereocenters. The average molecular weight is 343 g/mol. The summed E-state index contributed by atoms with van der Waals surface area (Å²) in [5.41, 5.74) is 0.858. The number of imidazole rings is 1. The zero-order chi connectivity index (χ0) is 15.9. The van der Waals surface area contributed by atoms with Crippen LogP contribution < -0.4 is 0 Å². The first-order valence-electron chi connectivity index (χ1n) is 6.52. The van der Waals surface area contributed by atoms with Gasteiger partial charge in [0.1, 0.15) is 11.3 Å². The van der Waals surface area contributed by atoms with E-state index < -0.39 is 11.7 Å². The normalized spacial score (nSPS) is 12.2. The third kappa shape index (κ3) is 2.61. The van der Waals surface area contributed by atoms with Gasteiger partial charge in [-0.2, -0.15) is 13.2 Å². The Hall–Kier alpha value is -1.54. The SMILES string of the molecule is CCSc1sccc1-c1nc2cc(C(F)(F)F)cnc2n1C. The highest BCUT2D eigenvalue weighted by Crippen LogP contribution is 2.37. The lowest BCUT2D eigenvalue weighted by Gasteiger charge is -2.05. The highest BCUT2D eigenvalue weighted by molar-refractivity contribution is 8.01. The third-order valence-electron chi connectivity index (χ3n) is 3.18. The van der Waals surface area contributed by atoms with E-state index in [0.29, 0.717) is 11.5 Å². The summed E-state index contributed by atoms with van der Waals surface area (Å²) in [5, 5.41) is 1.96. The van der Waals surface area contributed by atoms with Crippen LogP contribution in [0.3, 0.4) is 0 Å². The molecule has 3 heterocycles. The quantitative estimate of drug-likeness (QED) is 0.638. The number of aryl methyl sites for hydroxylation is 1. The van der Waals surface area contributed by atoms with E-state index in [0.717, 1.165) is 27.8 Å². The van der Waals surface area contributed by atoms with Crippen LogP contribution >= 0.6 is 23.1 Å². The Morgan fingerprint density at radius 2 is 2.14 bits per heavy atom. The molecule has 0 aromatic carbocycles. The van der Waals surface area contributed by atoms with E-state index in [4.69, 9.17) is 0 Å². The maximum atomic E-state index is 12.8. The Labute approximate surface area is 133 Å². The number of alkyl halides is 3. The van der Waals surface area contributed by atoms with Crippen LogP contribution in [0, 0.1) is 0 Å². The minimum atomic E-state index is -4.41. The number of halogens is 3. The van der Waals surface area contributed by atoms with E-state index in [-0.39, 0.29) is 5.52 Å². The number of rotatable bonds is 3. The molecule has 0 N–H and O–H groups in total. The van der Waals surface area contributed by atoms with E-state index in [1.54, 1.807) is 34.7 Å². The van der Waals surface area contributed by atoms with Crippen LogP contribution in [-0.4, -0.2) is 20.3 Å². The second kappa shape index (κ2) is 5.58. The fourth-order valence-electron chi connectivity index (χ4n) is 2.18. The Kier molecular flexibility index (Phi) is 3.90. The van der Waals surface area contributed by atoms with E-state index in [1.165, 1.54) is 0 Å². The first kappa shape index (κ1) is 15.4. The van der Waals surface area contributed by atoms with Gasteiger partial charge in [-0.1, -0.05) is 6.92 Å². The molecule has 0 unspecified atom stereocenters. The number of nitrogens with zero attached hydrogens (tertiary/aromatic N) is 3. The second-order valence-electron chi connectivity index (χ2n) is 4.61. The van der Waals surface area contributed by atoms with Crippen molar-refractivity contribution in [1.82, 2.24) is 14.5 Å². The summed E-state index contributed by atoms with van der Waals surface area (Å²) < 4.78 is 41.2. The van der Waals surface area contributed by atoms with Gasteiger partial charge in [-0.05, 0) is 23.3 Å². The van der Waals surface area contributed by atoms with Crippen molar-refractivity contribution in [2.45, 2.75) is 17.3 Å². The Bertz CT molecular complexity index is 820. The van der Waals surface area contributed by atoms with Crippen molar-refractivity contribution >= 4 is 34.3 Å². The molecule has 116 valence electrons. The molecule has 0 saturated heterocycles. The fourth-order valence-corrected chi connectivity index (χ4v) is 4.16. The minimum absolute atomic E-state index is 0.256. The number of thiophene rings is 1. The molecular weight excluding hydrogens is 331 g/mol. The van der Waals surface area contributed by atoms with E-state index in [9.17, 15) is 13.2 Å². The van der Waals surface area contributed by atoms with Gasteiger partial charge in [0.15, 0.2) is 5.65 Å². The predicted octanol–water partition coefficient (Wildman–Crippen LogP) is 4.83. The summed E-state index contributed by atoms with van der Waals surface area (Å²) >= 11 is 3.30. The lowest BCUT2D eigenvalue weighted by molar-refractivity contribution is -0.137. The van der Waals surface area contributed by atoms with Crippen LogP contribution in [0.15, 0.2) is 27.9 Å². The lowest BCUT2D eigenvalue weighted by atomic mass is 10.2. The molecule has 0 radical (unpaired) electrons. The molecule has 0 aliphatic carbocycles. The summed E-state index contributed by atoms with van der Waals surface area (Å²) in [6.45, 7) is 2.06. The van der Waals surface area contributed by atoms with Crippen molar-refractivity contribution in [2.24, 2.45) is 7.05 Å². The number of pyridine rings is 1. The van der Waals surface area contributed by atoms with Gasteiger partial charge in [0.25, 0.3) is 0 Å². The first-order chi connectivity index (χ1) is 10.4. The zero-order valence-corrected chi connectivity index (χ0v) is 13.4. The van der Waals surface area contributed by atoms with Gasteiger partial charge in [-0.25, -0.2) is 9.97 Å². The number of aromatic nitrogens is 3. The molecule has 0 saturated carbocycles. The van der Waals surface area contributed by atoms with Crippen LogP contribution in [0.25, 0.3) is 22.6 Å². The first-order valence-corrected chi connectivity index (χ1v) is 8.38. The van der Waals surface area contributed by atoms with Crippen molar-refractivity contribution in [3.8, 4) is 11.4 Å². The highest BCUT2D eigenvalue weighted by Gasteiger charge is 2.31. The van der Waals surface area contributed by atoms with Crippen molar-refractivity contribution in [1.29, 1.82) is 0 Å². The standard InChI is InChI=1S/C14H12F3N3S2/c1-3-21-13-9(4-5-22-13)11-19-10-6-8(14(15,16)17)7-18-12(10)20(11)2/h4-7H,3H2,1-2H3. The molecule has 0 amide bonds.